The molecular formula is C19H15NO4. The SMILES string of the molecule is O=[N+]([O-])c1ccc(Oc2cccc(OCc3ccccc3)c2)cc1. The van der Waals surface area contributed by atoms with Gasteiger partial charge in [-0.25, -0.2) is 0 Å². The molecule has 0 aliphatic heterocycles. The molecule has 0 fully saturated rings. The second kappa shape index (κ2) is 7.28. The highest BCUT2D eigenvalue weighted by atomic mass is 16.6. The van der Waals surface area contributed by atoms with E-state index in [0.29, 0.717) is 23.9 Å². The zero-order valence-corrected chi connectivity index (χ0v) is 12.8. The summed E-state index contributed by atoms with van der Waals surface area (Å²) < 4.78 is 11.5. The third-order valence-corrected chi connectivity index (χ3v) is 3.34. The van der Waals surface area contributed by atoms with Gasteiger partial charge in [0, 0.05) is 18.2 Å². The zero-order chi connectivity index (χ0) is 16.8. The van der Waals surface area contributed by atoms with Crippen LogP contribution in [0.3, 0.4) is 0 Å². The molecule has 120 valence electrons. The molecule has 0 bridgehead atoms. The van der Waals surface area contributed by atoms with Crippen molar-refractivity contribution in [1.82, 2.24) is 0 Å². The predicted octanol–water partition coefficient (Wildman–Crippen LogP) is 4.97. The second-order valence-corrected chi connectivity index (χ2v) is 5.10. The fraction of sp³-hybridized carbons (Fsp3) is 0.0526. The number of benzene rings is 3. The molecule has 0 N–H and O–H groups in total. The van der Waals surface area contributed by atoms with Gasteiger partial charge in [0.1, 0.15) is 23.9 Å². The maximum Gasteiger partial charge on any atom is 0.269 e. The highest BCUT2D eigenvalue weighted by Crippen LogP contribution is 2.27. The molecule has 0 spiro atoms. The molecule has 0 radical (unpaired) electrons. The maximum absolute atomic E-state index is 10.7. The number of hydrogen-bond acceptors (Lipinski definition) is 4. The van der Waals surface area contributed by atoms with Crippen LogP contribution in [0, 0.1) is 10.1 Å². The summed E-state index contributed by atoms with van der Waals surface area (Å²) in [5, 5.41) is 10.7. The van der Waals surface area contributed by atoms with Crippen LogP contribution in [0.1, 0.15) is 5.56 Å². The van der Waals surface area contributed by atoms with Crippen LogP contribution in [0.25, 0.3) is 0 Å². The van der Waals surface area contributed by atoms with Crippen LogP contribution >= 0.6 is 0 Å². The molecule has 3 aromatic carbocycles. The molecule has 0 heterocycles. The van der Waals surface area contributed by atoms with Gasteiger partial charge in [0.05, 0.1) is 4.92 Å². The maximum atomic E-state index is 10.7. The Hall–Kier alpha value is -3.34. The normalized spacial score (nSPS) is 10.2. The van der Waals surface area contributed by atoms with Crippen molar-refractivity contribution in [2.24, 2.45) is 0 Å². The van der Waals surface area contributed by atoms with Crippen molar-refractivity contribution < 1.29 is 14.4 Å². The minimum Gasteiger partial charge on any atom is -0.489 e. The Morgan fingerprint density at radius 1 is 0.792 bits per heavy atom. The summed E-state index contributed by atoms with van der Waals surface area (Å²) in [6.07, 6.45) is 0. The minimum absolute atomic E-state index is 0.0299. The van der Waals surface area contributed by atoms with Crippen molar-refractivity contribution in [2.45, 2.75) is 6.61 Å². The number of rotatable bonds is 6. The Kier molecular flexibility index (Phi) is 4.72. The Morgan fingerprint density at radius 3 is 2.21 bits per heavy atom. The Balaban J connectivity index is 1.65. The molecule has 0 aromatic heterocycles. The number of nitro groups is 1. The molecule has 5 nitrogen and oxygen atoms in total. The molecule has 0 aliphatic carbocycles. The van der Waals surface area contributed by atoms with Crippen LogP contribution in [0.4, 0.5) is 5.69 Å². The topological polar surface area (TPSA) is 61.6 Å². The van der Waals surface area contributed by atoms with E-state index in [0.717, 1.165) is 5.56 Å². The van der Waals surface area contributed by atoms with E-state index >= 15 is 0 Å². The van der Waals surface area contributed by atoms with Crippen molar-refractivity contribution in [3.05, 3.63) is 94.5 Å². The van der Waals surface area contributed by atoms with Crippen LogP contribution in [0.15, 0.2) is 78.9 Å². The quantitative estimate of drug-likeness (QED) is 0.475. The molecule has 0 unspecified atom stereocenters. The lowest BCUT2D eigenvalue weighted by molar-refractivity contribution is -0.384. The van der Waals surface area contributed by atoms with Gasteiger partial charge in [-0.3, -0.25) is 10.1 Å². The van der Waals surface area contributed by atoms with Crippen molar-refractivity contribution in [3.8, 4) is 17.2 Å². The van der Waals surface area contributed by atoms with Gasteiger partial charge in [0.15, 0.2) is 0 Å². The third-order valence-electron chi connectivity index (χ3n) is 3.34. The van der Waals surface area contributed by atoms with Crippen molar-refractivity contribution >= 4 is 5.69 Å². The molecule has 0 amide bonds. The molecule has 3 rings (SSSR count). The highest BCUT2D eigenvalue weighted by molar-refractivity contribution is 5.40. The van der Waals surface area contributed by atoms with E-state index in [1.165, 1.54) is 12.1 Å². The highest BCUT2D eigenvalue weighted by Gasteiger charge is 2.05. The number of nitro benzene ring substituents is 1. The van der Waals surface area contributed by atoms with E-state index in [9.17, 15) is 10.1 Å². The lowest BCUT2D eigenvalue weighted by Gasteiger charge is -2.09. The van der Waals surface area contributed by atoms with Crippen molar-refractivity contribution in [2.75, 3.05) is 0 Å². The molecule has 5 heteroatoms. The summed E-state index contributed by atoms with van der Waals surface area (Å²) in [5.41, 5.74) is 1.11. The number of nitrogens with zero attached hydrogens (tertiary/aromatic N) is 1. The average Bonchev–Trinajstić information content (AvgIpc) is 2.62. The van der Waals surface area contributed by atoms with Gasteiger partial charge in [-0.05, 0) is 29.8 Å². The summed E-state index contributed by atoms with van der Waals surface area (Å²) in [4.78, 5) is 10.2. The summed E-state index contributed by atoms with van der Waals surface area (Å²) in [6.45, 7) is 0.474. The summed E-state index contributed by atoms with van der Waals surface area (Å²) in [7, 11) is 0. The van der Waals surface area contributed by atoms with Crippen molar-refractivity contribution in [1.29, 1.82) is 0 Å². The first-order valence-corrected chi connectivity index (χ1v) is 7.40. The Labute approximate surface area is 139 Å². The van der Waals surface area contributed by atoms with Crippen LogP contribution < -0.4 is 9.47 Å². The van der Waals surface area contributed by atoms with Crippen LogP contribution in [-0.2, 0) is 6.61 Å². The number of non-ortho nitro benzene ring substituents is 1. The summed E-state index contributed by atoms with van der Waals surface area (Å²) in [6, 6.07) is 23.1. The first kappa shape index (κ1) is 15.6. The van der Waals surface area contributed by atoms with Gasteiger partial charge in [-0.15, -0.1) is 0 Å². The largest absolute Gasteiger partial charge is 0.489 e. The first-order chi connectivity index (χ1) is 11.7. The van der Waals surface area contributed by atoms with E-state index in [1.807, 2.05) is 42.5 Å². The predicted molar refractivity (Wildman–Crippen MR) is 90.4 cm³/mol. The van der Waals surface area contributed by atoms with E-state index in [2.05, 4.69) is 0 Å². The van der Waals surface area contributed by atoms with Crippen molar-refractivity contribution in [3.63, 3.8) is 0 Å². The molecule has 0 saturated heterocycles. The number of ether oxygens (including phenoxy) is 2. The van der Waals surface area contributed by atoms with Crippen LogP contribution in [0.5, 0.6) is 17.2 Å². The van der Waals surface area contributed by atoms with Crippen LogP contribution in [-0.4, -0.2) is 4.92 Å². The standard InChI is InChI=1S/C19H15NO4/c21-20(22)16-9-11-17(12-10-16)24-19-8-4-7-18(13-19)23-14-15-5-2-1-3-6-15/h1-13H,14H2. The third kappa shape index (κ3) is 4.10. The van der Waals surface area contributed by atoms with Gasteiger partial charge < -0.3 is 9.47 Å². The lowest BCUT2D eigenvalue weighted by Crippen LogP contribution is -1.95. The lowest BCUT2D eigenvalue weighted by atomic mass is 10.2. The zero-order valence-electron chi connectivity index (χ0n) is 12.8. The summed E-state index contributed by atoms with van der Waals surface area (Å²) >= 11 is 0. The van der Waals surface area contributed by atoms with E-state index < -0.39 is 4.92 Å². The molecule has 24 heavy (non-hydrogen) atoms. The fourth-order valence-electron chi connectivity index (χ4n) is 2.14. The molecule has 0 saturated carbocycles. The molecule has 0 atom stereocenters. The van der Waals surface area contributed by atoms with Gasteiger partial charge in [0.25, 0.3) is 5.69 Å². The van der Waals surface area contributed by atoms with Gasteiger partial charge in [0.2, 0.25) is 0 Å². The van der Waals surface area contributed by atoms with E-state index in [-0.39, 0.29) is 5.69 Å². The first-order valence-electron chi connectivity index (χ1n) is 7.40. The van der Waals surface area contributed by atoms with Gasteiger partial charge in [-0.1, -0.05) is 36.4 Å². The van der Waals surface area contributed by atoms with E-state index in [1.54, 1.807) is 24.3 Å². The fourth-order valence-corrected chi connectivity index (χ4v) is 2.14. The Bertz CT molecular complexity index is 816. The van der Waals surface area contributed by atoms with E-state index in [4.69, 9.17) is 9.47 Å². The second-order valence-electron chi connectivity index (χ2n) is 5.10. The number of hydrogen-bond donors (Lipinski definition) is 0. The van der Waals surface area contributed by atoms with Gasteiger partial charge in [-0.2, -0.15) is 0 Å². The monoisotopic (exact) mass is 321 g/mol. The smallest absolute Gasteiger partial charge is 0.269 e. The minimum atomic E-state index is -0.443. The van der Waals surface area contributed by atoms with Crippen LogP contribution in [0.2, 0.25) is 0 Å². The Morgan fingerprint density at radius 2 is 1.50 bits per heavy atom. The summed E-state index contributed by atoms with van der Waals surface area (Å²) in [5.74, 6) is 1.83. The average molecular weight is 321 g/mol. The van der Waals surface area contributed by atoms with Gasteiger partial charge >= 0.3 is 0 Å². The molecule has 0 aliphatic rings. The molecule has 3 aromatic rings. The molecular weight excluding hydrogens is 306 g/mol.